The van der Waals surface area contributed by atoms with Crippen LogP contribution in [0, 0.1) is 0 Å². The first-order chi connectivity index (χ1) is 8.69. The number of benzene rings is 2. The summed E-state index contributed by atoms with van der Waals surface area (Å²) in [6.45, 7) is 0. The van der Waals surface area contributed by atoms with Gasteiger partial charge < -0.3 is 5.32 Å². The average Bonchev–Trinajstić information content (AvgIpc) is 2.41. The first kappa shape index (κ1) is 13.5. The number of anilines is 1. The van der Waals surface area contributed by atoms with Gasteiger partial charge in [-0.1, -0.05) is 15.9 Å². The van der Waals surface area contributed by atoms with Crippen LogP contribution in [0.1, 0.15) is 10.4 Å². The summed E-state index contributed by atoms with van der Waals surface area (Å²) in [4.78, 5) is 12.8. The molecule has 2 nitrogen and oxygen atoms in total. The number of carbonyl (C=O) groups is 1. The fraction of sp³-hybridized carbons (Fsp3) is 0. The standard InChI is InChI=1S/C13H9BrClNOS/c14-10-3-5-11(6-4-10)16-13(17)9-1-7-12(18-15)8-2-9/h1-8H,(H,16,17). The summed E-state index contributed by atoms with van der Waals surface area (Å²) in [7, 11) is 6.75. The van der Waals surface area contributed by atoms with Gasteiger partial charge in [0.1, 0.15) is 0 Å². The Morgan fingerprint density at radius 1 is 1.06 bits per heavy atom. The number of carbonyl (C=O) groups excluding carboxylic acids is 1. The van der Waals surface area contributed by atoms with Crippen LogP contribution < -0.4 is 5.32 Å². The van der Waals surface area contributed by atoms with Crippen molar-refractivity contribution in [2.75, 3.05) is 5.32 Å². The van der Waals surface area contributed by atoms with Crippen molar-refractivity contribution in [2.24, 2.45) is 0 Å². The average molecular weight is 343 g/mol. The molecule has 0 saturated carbocycles. The van der Waals surface area contributed by atoms with Crippen LogP contribution in [0.3, 0.4) is 0 Å². The van der Waals surface area contributed by atoms with Gasteiger partial charge in [0.2, 0.25) is 0 Å². The molecule has 2 aromatic carbocycles. The second kappa shape index (κ2) is 6.27. The third-order valence-electron chi connectivity index (χ3n) is 2.31. The number of hydrogen-bond donors (Lipinski definition) is 1. The zero-order valence-corrected chi connectivity index (χ0v) is 12.3. The number of halogens is 2. The lowest BCUT2D eigenvalue weighted by molar-refractivity contribution is 0.102. The smallest absolute Gasteiger partial charge is 0.255 e. The van der Waals surface area contributed by atoms with Crippen molar-refractivity contribution in [2.45, 2.75) is 4.90 Å². The number of nitrogens with one attached hydrogen (secondary N) is 1. The number of rotatable bonds is 3. The van der Waals surface area contributed by atoms with Crippen molar-refractivity contribution >= 4 is 49.2 Å². The monoisotopic (exact) mass is 341 g/mol. The summed E-state index contributed by atoms with van der Waals surface area (Å²) < 4.78 is 0.976. The first-order valence-electron chi connectivity index (χ1n) is 5.14. The third kappa shape index (κ3) is 3.51. The largest absolute Gasteiger partial charge is 0.322 e. The van der Waals surface area contributed by atoms with Gasteiger partial charge in [0.25, 0.3) is 5.91 Å². The third-order valence-corrected chi connectivity index (χ3v) is 3.82. The van der Waals surface area contributed by atoms with E-state index in [0.29, 0.717) is 5.56 Å². The molecule has 2 rings (SSSR count). The van der Waals surface area contributed by atoms with E-state index in [2.05, 4.69) is 21.2 Å². The van der Waals surface area contributed by atoms with E-state index in [4.69, 9.17) is 10.7 Å². The Labute approximate surface area is 122 Å². The molecule has 1 amide bonds. The molecular weight excluding hydrogens is 334 g/mol. The fourth-order valence-electron chi connectivity index (χ4n) is 1.39. The van der Waals surface area contributed by atoms with Crippen molar-refractivity contribution in [3.8, 4) is 0 Å². The highest BCUT2D eigenvalue weighted by molar-refractivity contribution is 9.10. The second-order valence-electron chi connectivity index (χ2n) is 3.56. The lowest BCUT2D eigenvalue weighted by Crippen LogP contribution is -2.11. The lowest BCUT2D eigenvalue weighted by atomic mass is 10.2. The molecule has 0 aliphatic heterocycles. The number of hydrogen-bond acceptors (Lipinski definition) is 2. The van der Waals surface area contributed by atoms with Crippen LogP contribution in [-0.4, -0.2) is 5.91 Å². The van der Waals surface area contributed by atoms with Crippen molar-refractivity contribution in [1.29, 1.82) is 0 Å². The highest BCUT2D eigenvalue weighted by Gasteiger charge is 2.05. The summed E-state index contributed by atoms with van der Waals surface area (Å²) >= 11 is 3.34. The van der Waals surface area contributed by atoms with E-state index in [1.54, 1.807) is 12.1 Å². The van der Waals surface area contributed by atoms with Crippen LogP contribution in [0.5, 0.6) is 0 Å². The van der Waals surface area contributed by atoms with E-state index in [1.807, 2.05) is 36.4 Å². The van der Waals surface area contributed by atoms with E-state index < -0.39 is 0 Å². The van der Waals surface area contributed by atoms with Gasteiger partial charge in [0.05, 0.1) is 0 Å². The quantitative estimate of drug-likeness (QED) is 0.855. The molecule has 0 atom stereocenters. The summed E-state index contributed by atoms with van der Waals surface area (Å²) in [6.07, 6.45) is 0. The summed E-state index contributed by atoms with van der Waals surface area (Å²) in [5.74, 6) is -0.136. The van der Waals surface area contributed by atoms with Gasteiger partial charge in [-0.25, -0.2) is 0 Å². The molecule has 0 aliphatic carbocycles. The predicted molar refractivity (Wildman–Crippen MR) is 80.2 cm³/mol. The molecule has 92 valence electrons. The van der Waals surface area contributed by atoms with Gasteiger partial charge in [-0.2, -0.15) is 0 Å². The Morgan fingerprint density at radius 3 is 2.22 bits per heavy atom. The highest BCUT2D eigenvalue weighted by atomic mass is 79.9. The van der Waals surface area contributed by atoms with Gasteiger partial charge >= 0.3 is 0 Å². The molecule has 0 unspecified atom stereocenters. The van der Waals surface area contributed by atoms with Crippen molar-refractivity contribution < 1.29 is 4.79 Å². The van der Waals surface area contributed by atoms with Crippen LogP contribution in [-0.2, 0) is 0 Å². The zero-order valence-electron chi connectivity index (χ0n) is 9.19. The number of amides is 1. The van der Waals surface area contributed by atoms with E-state index in [1.165, 1.54) is 0 Å². The summed E-state index contributed by atoms with van der Waals surface area (Å²) in [5.41, 5.74) is 1.37. The van der Waals surface area contributed by atoms with Crippen molar-refractivity contribution in [3.63, 3.8) is 0 Å². The van der Waals surface area contributed by atoms with Crippen molar-refractivity contribution in [3.05, 3.63) is 58.6 Å². The molecule has 1 N–H and O–H groups in total. The Balaban J connectivity index is 2.09. The zero-order chi connectivity index (χ0) is 13.0. The fourth-order valence-corrected chi connectivity index (χ4v) is 2.21. The SMILES string of the molecule is O=C(Nc1ccc(Br)cc1)c1ccc(SCl)cc1. The maximum absolute atomic E-state index is 11.9. The van der Waals surface area contributed by atoms with Crippen LogP contribution in [0.2, 0.25) is 0 Å². The van der Waals surface area contributed by atoms with Crippen LogP contribution in [0.25, 0.3) is 0 Å². The van der Waals surface area contributed by atoms with Gasteiger partial charge in [0, 0.05) is 20.6 Å². The molecule has 0 aliphatic rings. The highest BCUT2D eigenvalue weighted by Crippen LogP contribution is 2.22. The molecule has 5 heteroatoms. The molecule has 18 heavy (non-hydrogen) atoms. The second-order valence-corrected chi connectivity index (χ2v) is 5.57. The van der Waals surface area contributed by atoms with Crippen LogP contribution in [0.15, 0.2) is 57.9 Å². The Kier molecular flexibility index (Phi) is 4.69. The Hall–Kier alpha value is -0.970. The molecular formula is C13H9BrClNOS. The lowest BCUT2D eigenvalue weighted by Gasteiger charge is -2.05. The Morgan fingerprint density at radius 2 is 1.67 bits per heavy atom. The molecule has 2 aromatic rings. The minimum atomic E-state index is -0.136. The predicted octanol–water partition coefficient (Wildman–Crippen LogP) is 4.95. The van der Waals surface area contributed by atoms with E-state index in [-0.39, 0.29) is 5.91 Å². The maximum atomic E-state index is 11.9. The minimum Gasteiger partial charge on any atom is -0.322 e. The van der Waals surface area contributed by atoms with Gasteiger partial charge in [0.15, 0.2) is 0 Å². The van der Waals surface area contributed by atoms with Gasteiger partial charge in [-0.15, -0.1) is 0 Å². The van der Waals surface area contributed by atoms with Gasteiger partial charge in [-0.3, -0.25) is 4.79 Å². The van der Waals surface area contributed by atoms with Crippen LogP contribution >= 0.6 is 37.6 Å². The minimum absolute atomic E-state index is 0.136. The molecule has 0 saturated heterocycles. The maximum Gasteiger partial charge on any atom is 0.255 e. The molecule has 0 fully saturated rings. The first-order valence-corrected chi connectivity index (χ1v) is 7.58. The summed E-state index contributed by atoms with van der Waals surface area (Å²) in [6, 6.07) is 14.6. The molecule has 0 aromatic heterocycles. The Bertz CT molecular complexity index is 542. The normalized spacial score (nSPS) is 10.1. The van der Waals surface area contributed by atoms with Crippen LogP contribution in [0.4, 0.5) is 5.69 Å². The molecule has 0 heterocycles. The van der Waals surface area contributed by atoms with E-state index in [9.17, 15) is 4.79 Å². The van der Waals surface area contributed by atoms with Gasteiger partial charge in [-0.05, 0) is 70.2 Å². The van der Waals surface area contributed by atoms with E-state index in [0.717, 1.165) is 26.0 Å². The van der Waals surface area contributed by atoms with Crippen molar-refractivity contribution in [1.82, 2.24) is 0 Å². The molecule has 0 radical (unpaired) electrons. The molecule has 0 spiro atoms. The topological polar surface area (TPSA) is 29.1 Å². The van der Waals surface area contributed by atoms with E-state index >= 15 is 0 Å². The summed E-state index contributed by atoms with van der Waals surface area (Å²) in [5, 5.41) is 2.82. The molecule has 0 bridgehead atoms.